The second kappa shape index (κ2) is 8.12. The number of rotatable bonds is 4. The fraction of sp³-hybridized carbons (Fsp3) is 0.333. The molecular formula is C15H17Cl2FN2O2S2. The SMILES string of the molecule is Cl.O=S(=O)(c1ccc(Cl)s1)N1CCN(Cc2cccc(F)c2)CC1. The number of piperazine rings is 1. The maximum absolute atomic E-state index is 13.2. The Morgan fingerprint density at radius 2 is 1.83 bits per heavy atom. The predicted octanol–water partition coefficient (Wildman–Crippen LogP) is 3.47. The summed E-state index contributed by atoms with van der Waals surface area (Å²) in [5, 5.41) is 0. The van der Waals surface area contributed by atoms with Crippen LogP contribution in [0.15, 0.2) is 40.6 Å². The van der Waals surface area contributed by atoms with Crippen molar-refractivity contribution in [3.8, 4) is 0 Å². The Bertz CT molecular complexity index is 790. The van der Waals surface area contributed by atoms with E-state index in [9.17, 15) is 12.8 Å². The van der Waals surface area contributed by atoms with Crippen molar-refractivity contribution in [3.05, 3.63) is 52.1 Å². The molecule has 1 aromatic carbocycles. The van der Waals surface area contributed by atoms with Crippen LogP contribution in [0.5, 0.6) is 0 Å². The van der Waals surface area contributed by atoms with Crippen molar-refractivity contribution in [1.29, 1.82) is 0 Å². The van der Waals surface area contributed by atoms with Crippen LogP contribution in [0, 0.1) is 5.82 Å². The molecule has 0 N–H and O–H groups in total. The molecule has 1 aliphatic rings. The standard InChI is InChI=1S/C15H16ClFN2O2S2.ClH/c16-14-4-5-15(22-14)23(20,21)19-8-6-18(7-9-19)11-12-2-1-3-13(17)10-12;/h1-5,10H,6-9,11H2;1H. The molecule has 0 radical (unpaired) electrons. The summed E-state index contributed by atoms with van der Waals surface area (Å²) >= 11 is 6.90. The molecule has 1 fully saturated rings. The molecule has 0 amide bonds. The molecule has 0 saturated carbocycles. The van der Waals surface area contributed by atoms with E-state index in [1.54, 1.807) is 18.2 Å². The third-order valence-electron chi connectivity index (χ3n) is 3.77. The summed E-state index contributed by atoms with van der Waals surface area (Å²) in [6, 6.07) is 9.63. The van der Waals surface area contributed by atoms with Gasteiger partial charge in [0.05, 0.1) is 4.34 Å². The van der Waals surface area contributed by atoms with Gasteiger partial charge in [-0.25, -0.2) is 12.8 Å². The van der Waals surface area contributed by atoms with E-state index in [-0.39, 0.29) is 22.4 Å². The topological polar surface area (TPSA) is 40.6 Å². The Kier molecular flexibility index (Phi) is 6.64. The van der Waals surface area contributed by atoms with Crippen LogP contribution in [0.25, 0.3) is 0 Å². The summed E-state index contributed by atoms with van der Waals surface area (Å²) in [7, 11) is -3.46. The van der Waals surface area contributed by atoms with E-state index in [4.69, 9.17) is 11.6 Å². The first-order valence-electron chi connectivity index (χ1n) is 7.17. The zero-order valence-corrected chi connectivity index (χ0v) is 15.9. The van der Waals surface area contributed by atoms with Gasteiger partial charge in [0, 0.05) is 32.7 Å². The first kappa shape index (κ1) is 19.6. The second-order valence-electron chi connectivity index (χ2n) is 5.37. The van der Waals surface area contributed by atoms with Crippen LogP contribution in [0.2, 0.25) is 4.34 Å². The molecule has 0 spiro atoms. The largest absolute Gasteiger partial charge is 0.296 e. The summed E-state index contributed by atoms with van der Waals surface area (Å²) in [4.78, 5) is 2.13. The summed E-state index contributed by atoms with van der Waals surface area (Å²) in [5.74, 6) is -0.252. The number of sulfonamides is 1. The molecule has 4 nitrogen and oxygen atoms in total. The molecule has 0 atom stereocenters. The van der Waals surface area contributed by atoms with Gasteiger partial charge in [-0.2, -0.15) is 4.31 Å². The highest BCUT2D eigenvalue weighted by Crippen LogP contribution is 2.28. The Balaban J connectivity index is 0.00000208. The minimum atomic E-state index is -3.46. The van der Waals surface area contributed by atoms with Crippen LogP contribution in [0.4, 0.5) is 4.39 Å². The van der Waals surface area contributed by atoms with Crippen molar-refractivity contribution in [2.24, 2.45) is 0 Å². The van der Waals surface area contributed by atoms with Gasteiger partial charge in [0.25, 0.3) is 10.0 Å². The van der Waals surface area contributed by atoms with E-state index in [2.05, 4.69) is 4.90 Å². The number of hydrogen-bond acceptors (Lipinski definition) is 4. The van der Waals surface area contributed by atoms with Crippen LogP contribution in [-0.2, 0) is 16.6 Å². The summed E-state index contributed by atoms with van der Waals surface area (Å²) < 4.78 is 40.5. The van der Waals surface area contributed by atoms with E-state index in [1.807, 2.05) is 6.07 Å². The number of thiophene rings is 1. The van der Waals surface area contributed by atoms with Crippen molar-refractivity contribution < 1.29 is 12.8 Å². The normalized spacial score (nSPS) is 16.8. The molecule has 132 valence electrons. The highest BCUT2D eigenvalue weighted by atomic mass is 35.5. The monoisotopic (exact) mass is 410 g/mol. The first-order chi connectivity index (χ1) is 10.9. The van der Waals surface area contributed by atoms with E-state index in [1.165, 1.54) is 16.4 Å². The zero-order valence-electron chi connectivity index (χ0n) is 12.7. The van der Waals surface area contributed by atoms with Crippen molar-refractivity contribution in [1.82, 2.24) is 9.21 Å². The van der Waals surface area contributed by atoms with Gasteiger partial charge in [-0.15, -0.1) is 23.7 Å². The molecule has 3 rings (SSSR count). The molecule has 24 heavy (non-hydrogen) atoms. The molecule has 0 bridgehead atoms. The lowest BCUT2D eigenvalue weighted by Crippen LogP contribution is -2.48. The maximum Gasteiger partial charge on any atom is 0.252 e. The van der Waals surface area contributed by atoms with Gasteiger partial charge in [0.2, 0.25) is 0 Å². The lowest BCUT2D eigenvalue weighted by atomic mass is 10.2. The van der Waals surface area contributed by atoms with E-state index in [0.29, 0.717) is 37.1 Å². The molecule has 0 aliphatic carbocycles. The van der Waals surface area contributed by atoms with Crippen LogP contribution >= 0.6 is 35.3 Å². The average Bonchev–Trinajstić information content (AvgIpc) is 2.95. The van der Waals surface area contributed by atoms with Gasteiger partial charge < -0.3 is 0 Å². The van der Waals surface area contributed by atoms with Crippen molar-refractivity contribution in [3.63, 3.8) is 0 Å². The average molecular weight is 411 g/mol. The highest BCUT2D eigenvalue weighted by Gasteiger charge is 2.29. The van der Waals surface area contributed by atoms with Crippen molar-refractivity contribution in [2.45, 2.75) is 10.8 Å². The van der Waals surface area contributed by atoms with Gasteiger partial charge in [-0.3, -0.25) is 4.90 Å². The molecular weight excluding hydrogens is 394 g/mol. The quantitative estimate of drug-likeness (QED) is 0.774. The fourth-order valence-electron chi connectivity index (χ4n) is 2.59. The Hall–Kier alpha value is -0.700. The van der Waals surface area contributed by atoms with Gasteiger partial charge >= 0.3 is 0 Å². The Morgan fingerprint density at radius 1 is 1.12 bits per heavy atom. The van der Waals surface area contributed by atoms with Crippen LogP contribution < -0.4 is 0 Å². The van der Waals surface area contributed by atoms with Crippen LogP contribution in [0.3, 0.4) is 0 Å². The number of halogens is 3. The molecule has 9 heteroatoms. The van der Waals surface area contributed by atoms with Crippen LogP contribution in [0.1, 0.15) is 5.56 Å². The molecule has 0 unspecified atom stereocenters. The summed E-state index contributed by atoms with van der Waals surface area (Å²) in [5.41, 5.74) is 0.895. The number of nitrogens with zero attached hydrogens (tertiary/aromatic N) is 2. The van der Waals surface area contributed by atoms with Gasteiger partial charge in [0.15, 0.2) is 0 Å². The van der Waals surface area contributed by atoms with Crippen LogP contribution in [-0.4, -0.2) is 43.8 Å². The van der Waals surface area contributed by atoms with E-state index < -0.39 is 10.0 Å². The van der Waals surface area contributed by atoms with Crippen molar-refractivity contribution in [2.75, 3.05) is 26.2 Å². The molecule has 2 heterocycles. The van der Waals surface area contributed by atoms with E-state index >= 15 is 0 Å². The number of benzene rings is 1. The summed E-state index contributed by atoms with van der Waals surface area (Å²) in [6.07, 6.45) is 0. The van der Waals surface area contributed by atoms with Gasteiger partial charge in [-0.1, -0.05) is 23.7 Å². The summed E-state index contributed by atoms with van der Waals surface area (Å²) in [6.45, 7) is 2.71. The fourth-order valence-corrected chi connectivity index (χ4v) is 5.64. The third kappa shape index (κ3) is 4.47. The predicted molar refractivity (Wildman–Crippen MR) is 97.0 cm³/mol. The third-order valence-corrected chi connectivity index (χ3v) is 7.37. The Labute approximate surface area is 156 Å². The van der Waals surface area contributed by atoms with Crippen molar-refractivity contribution >= 4 is 45.4 Å². The molecule has 1 aromatic heterocycles. The zero-order chi connectivity index (χ0) is 16.4. The van der Waals surface area contributed by atoms with Gasteiger partial charge in [0.1, 0.15) is 10.0 Å². The van der Waals surface area contributed by atoms with E-state index in [0.717, 1.165) is 16.9 Å². The minimum Gasteiger partial charge on any atom is -0.296 e. The first-order valence-corrected chi connectivity index (χ1v) is 9.81. The lowest BCUT2D eigenvalue weighted by molar-refractivity contribution is 0.181. The Morgan fingerprint density at radius 3 is 2.42 bits per heavy atom. The maximum atomic E-state index is 13.2. The lowest BCUT2D eigenvalue weighted by Gasteiger charge is -2.33. The number of hydrogen-bond donors (Lipinski definition) is 0. The van der Waals surface area contributed by atoms with Gasteiger partial charge in [-0.05, 0) is 29.8 Å². The molecule has 2 aromatic rings. The molecule has 1 saturated heterocycles. The smallest absolute Gasteiger partial charge is 0.252 e. The second-order valence-corrected chi connectivity index (χ2v) is 9.25. The molecule has 1 aliphatic heterocycles. The minimum absolute atomic E-state index is 0. The highest BCUT2D eigenvalue weighted by molar-refractivity contribution is 7.91.